The molecule has 0 N–H and O–H groups in total. The SMILES string of the molecule is COC(=O)CCN(C)c1nccc2sccc12. The smallest absolute Gasteiger partial charge is 0.307 e. The Hall–Kier alpha value is -1.62. The van der Waals surface area contributed by atoms with Gasteiger partial charge in [-0.3, -0.25) is 4.79 Å². The first-order valence-corrected chi connectivity index (χ1v) is 6.20. The Kier molecular flexibility index (Phi) is 3.58. The minimum Gasteiger partial charge on any atom is -0.469 e. The van der Waals surface area contributed by atoms with E-state index in [1.54, 1.807) is 17.5 Å². The molecule has 2 aromatic heterocycles. The summed E-state index contributed by atoms with van der Waals surface area (Å²) in [6.07, 6.45) is 2.16. The number of ether oxygens (including phenoxy) is 1. The fourth-order valence-corrected chi connectivity index (χ4v) is 2.43. The number of hydrogen-bond acceptors (Lipinski definition) is 5. The fourth-order valence-electron chi connectivity index (χ4n) is 1.65. The van der Waals surface area contributed by atoms with Gasteiger partial charge in [0.2, 0.25) is 0 Å². The zero-order valence-corrected chi connectivity index (χ0v) is 10.7. The van der Waals surface area contributed by atoms with Crippen LogP contribution in [0, 0.1) is 0 Å². The lowest BCUT2D eigenvalue weighted by Gasteiger charge is -2.18. The highest BCUT2D eigenvalue weighted by Gasteiger charge is 2.10. The number of nitrogens with zero attached hydrogens (tertiary/aromatic N) is 2. The third kappa shape index (κ3) is 2.55. The minimum atomic E-state index is -0.200. The van der Waals surface area contributed by atoms with Crippen LogP contribution in [0.2, 0.25) is 0 Å². The molecule has 0 radical (unpaired) electrons. The van der Waals surface area contributed by atoms with Gasteiger partial charge >= 0.3 is 5.97 Å². The molecule has 0 unspecified atom stereocenters. The van der Waals surface area contributed by atoms with Crippen LogP contribution >= 0.6 is 11.3 Å². The number of carbonyl (C=O) groups is 1. The van der Waals surface area contributed by atoms with Gasteiger partial charge in [-0.2, -0.15) is 0 Å². The highest BCUT2D eigenvalue weighted by atomic mass is 32.1. The third-order valence-corrected chi connectivity index (χ3v) is 3.48. The summed E-state index contributed by atoms with van der Waals surface area (Å²) in [4.78, 5) is 17.4. The summed E-state index contributed by atoms with van der Waals surface area (Å²) in [5, 5.41) is 3.18. The molecule has 0 amide bonds. The van der Waals surface area contributed by atoms with E-state index >= 15 is 0 Å². The molecule has 0 fully saturated rings. The summed E-state index contributed by atoms with van der Waals surface area (Å²) in [5.41, 5.74) is 0. The van der Waals surface area contributed by atoms with E-state index in [4.69, 9.17) is 0 Å². The van der Waals surface area contributed by atoms with Crippen LogP contribution < -0.4 is 4.90 Å². The van der Waals surface area contributed by atoms with E-state index in [1.807, 2.05) is 23.4 Å². The molecular formula is C12H14N2O2S. The fraction of sp³-hybridized carbons (Fsp3) is 0.333. The number of aromatic nitrogens is 1. The molecule has 2 heterocycles. The van der Waals surface area contributed by atoms with Gasteiger partial charge in [0, 0.05) is 29.9 Å². The molecule has 0 saturated carbocycles. The summed E-state index contributed by atoms with van der Waals surface area (Å²) in [7, 11) is 3.34. The molecule has 0 saturated heterocycles. The van der Waals surface area contributed by atoms with Crippen molar-refractivity contribution in [2.45, 2.75) is 6.42 Å². The number of anilines is 1. The number of hydrogen-bond donors (Lipinski definition) is 0. The van der Waals surface area contributed by atoms with Crippen LogP contribution in [0.4, 0.5) is 5.82 Å². The zero-order chi connectivity index (χ0) is 12.3. The second kappa shape index (κ2) is 5.14. The maximum atomic E-state index is 11.1. The summed E-state index contributed by atoms with van der Waals surface area (Å²) < 4.78 is 5.83. The van der Waals surface area contributed by atoms with Crippen molar-refractivity contribution >= 4 is 33.2 Å². The Morgan fingerprint density at radius 3 is 3.12 bits per heavy atom. The molecule has 0 aromatic carbocycles. The van der Waals surface area contributed by atoms with Crippen LogP contribution in [0.1, 0.15) is 6.42 Å². The summed E-state index contributed by atoms with van der Waals surface area (Å²) >= 11 is 1.69. The topological polar surface area (TPSA) is 42.4 Å². The van der Waals surface area contributed by atoms with Crippen molar-refractivity contribution in [3.8, 4) is 0 Å². The number of fused-ring (bicyclic) bond motifs is 1. The Bertz CT molecular complexity index is 524. The quantitative estimate of drug-likeness (QED) is 0.781. The van der Waals surface area contributed by atoms with Gasteiger partial charge < -0.3 is 9.64 Å². The van der Waals surface area contributed by atoms with Crippen LogP contribution in [0.15, 0.2) is 23.7 Å². The van der Waals surface area contributed by atoms with E-state index in [-0.39, 0.29) is 5.97 Å². The van der Waals surface area contributed by atoms with Gasteiger partial charge in [0.25, 0.3) is 0 Å². The number of rotatable bonds is 4. The Labute approximate surface area is 104 Å². The van der Waals surface area contributed by atoms with Gasteiger partial charge in [-0.1, -0.05) is 0 Å². The van der Waals surface area contributed by atoms with Gasteiger partial charge in [0.05, 0.1) is 13.5 Å². The number of methoxy groups -OCH3 is 1. The second-order valence-electron chi connectivity index (χ2n) is 3.71. The molecule has 2 rings (SSSR count). The van der Waals surface area contributed by atoms with Crippen LogP contribution in [0.5, 0.6) is 0 Å². The standard InChI is InChI=1S/C12H14N2O2S/c1-14(7-4-11(15)16-2)12-9-5-8-17-10(9)3-6-13-12/h3,5-6,8H,4,7H2,1-2H3. The molecule has 5 heteroatoms. The van der Waals surface area contributed by atoms with Crippen molar-refractivity contribution in [2.24, 2.45) is 0 Å². The van der Waals surface area contributed by atoms with Crippen LogP contribution in [0.3, 0.4) is 0 Å². The van der Waals surface area contributed by atoms with Crippen molar-refractivity contribution in [1.82, 2.24) is 4.98 Å². The minimum absolute atomic E-state index is 0.200. The average Bonchev–Trinajstić information content (AvgIpc) is 2.83. The zero-order valence-electron chi connectivity index (χ0n) is 9.84. The van der Waals surface area contributed by atoms with Crippen molar-refractivity contribution < 1.29 is 9.53 Å². The lowest BCUT2D eigenvalue weighted by molar-refractivity contribution is -0.140. The summed E-state index contributed by atoms with van der Waals surface area (Å²) in [6.45, 7) is 0.606. The van der Waals surface area contributed by atoms with E-state index < -0.39 is 0 Å². The Balaban J connectivity index is 2.15. The number of carbonyl (C=O) groups excluding carboxylic acids is 1. The van der Waals surface area contributed by atoms with Crippen LogP contribution in [-0.2, 0) is 9.53 Å². The molecule has 0 atom stereocenters. The van der Waals surface area contributed by atoms with Crippen LogP contribution in [0.25, 0.3) is 10.1 Å². The van der Waals surface area contributed by atoms with Crippen LogP contribution in [-0.4, -0.2) is 31.7 Å². The second-order valence-corrected chi connectivity index (χ2v) is 4.66. The van der Waals surface area contributed by atoms with Crippen molar-refractivity contribution in [3.63, 3.8) is 0 Å². The Morgan fingerprint density at radius 2 is 2.35 bits per heavy atom. The normalized spacial score (nSPS) is 10.5. The molecule has 90 valence electrons. The predicted molar refractivity (Wildman–Crippen MR) is 69.5 cm³/mol. The first-order chi connectivity index (χ1) is 8.22. The van der Waals surface area contributed by atoms with Gasteiger partial charge in [-0.25, -0.2) is 4.98 Å². The molecule has 0 aliphatic carbocycles. The maximum Gasteiger partial charge on any atom is 0.307 e. The third-order valence-electron chi connectivity index (χ3n) is 2.60. The molecule has 0 bridgehead atoms. The van der Waals surface area contributed by atoms with E-state index in [2.05, 4.69) is 15.8 Å². The predicted octanol–water partition coefficient (Wildman–Crippen LogP) is 2.30. The highest BCUT2D eigenvalue weighted by Crippen LogP contribution is 2.27. The first-order valence-electron chi connectivity index (χ1n) is 5.32. The average molecular weight is 250 g/mol. The molecule has 2 aromatic rings. The highest BCUT2D eigenvalue weighted by molar-refractivity contribution is 7.17. The van der Waals surface area contributed by atoms with E-state index in [1.165, 1.54) is 11.8 Å². The van der Waals surface area contributed by atoms with Gasteiger partial charge in [0.1, 0.15) is 5.82 Å². The van der Waals surface area contributed by atoms with Gasteiger partial charge in [0.15, 0.2) is 0 Å². The molecule has 17 heavy (non-hydrogen) atoms. The van der Waals surface area contributed by atoms with Gasteiger partial charge in [-0.05, 0) is 17.5 Å². The molecule has 0 aliphatic rings. The number of esters is 1. The van der Waals surface area contributed by atoms with Gasteiger partial charge in [-0.15, -0.1) is 11.3 Å². The molecule has 4 nitrogen and oxygen atoms in total. The summed E-state index contributed by atoms with van der Waals surface area (Å²) in [6, 6.07) is 4.05. The molecular weight excluding hydrogens is 236 g/mol. The molecule has 0 spiro atoms. The monoisotopic (exact) mass is 250 g/mol. The largest absolute Gasteiger partial charge is 0.469 e. The summed E-state index contributed by atoms with van der Waals surface area (Å²) in [5.74, 6) is 0.710. The lowest BCUT2D eigenvalue weighted by atomic mass is 10.3. The molecule has 0 aliphatic heterocycles. The van der Waals surface area contributed by atoms with E-state index in [0.29, 0.717) is 13.0 Å². The first kappa shape index (κ1) is 11.9. The maximum absolute atomic E-state index is 11.1. The Morgan fingerprint density at radius 1 is 1.53 bits per heavy atom. The van der Waals surface area contributed by atoms with Crippen molar-refractivity contribution in [1.29, 1.82) is 0 Å². The van der Waals surface area contributed by atoms with E-state index in [9.17, 15) is 4.79 Å². The van der Waals surface area contributed by atoms with E-state index in [0.717, 1.165) is 11.2 Å². The lowest BCUT2D eigenvalue weighted by Crippen LogP contribution is -2.22. The number of thiophene rings is 1. The van der Waals surface area contributed by atoms with Crippen molar-refractivity contribution in [3.05, 3.63) is 23.7 Å². The van der Waals surface area contributed by atoms with Crippen molar-refractivity contribution in [2.75, 3.05) is 25.6 Å². The number of pyridine rings is 1.